The quantitative estimate of drug-likeness (QED) is 0.441. The minimum absolute atomic E-state index is 0.0106. The first kappa shape index (κ1) is 22.5. The van der Waals surface area contributed by atoms with Gasteiger partial charge >= 0.3 is 6.03 Å². The molecule has 4 amide bonds. The van der Waals surface area contributed by atoms with Gasteiger partial charge in [0.1, 0.15) is 12.1 Å². The third-order valence-electron chi connectivity index (χ3n) is 7.08. The molecule has 8 heteroatoms. The number of fused-ring (bicyclic) bond motifs is 1. The highest BCUT2D eigenvalue weighted by Gasteiger charge is 2.46. The molecule has 1 saturated heterocycles. The predicted octanol–water partition coefficient (Wildman–Crippen LogP) is 4.33. The van der Waals surface area contributed by atoms with E-state index in [0.29, 0.717) is 21.9 Å². The molecule has 176 valence electrons. The number of carbonyl (C=O) groups is 3. The number of hydrogen-bond acceptors (Lipinski definition) is 3. The van der Waals surface area contributed by atoms with Crippen molar-refractivity contribution >= 4 is 40.3 Å². The van der Waals surface area contributed by atoms with E-state index < -0.39 is 24.0 Å². The maximum absolute atomic E-state index is 13.6. The van der Waals surface area contributed by atoms with E-state index in [9.17, 15) is 14.4 Å². The summed E-state index contributed by atoms with van der Waals surface area (Å²) in [5.74, 6) is -0.340. The highest BCUT2D eigenvalue weighted by molar-refractivity contribution is 6.36. The van der Waals surface area contributed by atoms with Crippen LogP contribution in [-0.2, 0) is 16.0 Å². The van der Waals surface area contributed by atoms with Crippen molar-refractivity contribution in [2.24, 2.45) is 5.92 Å². The van der Waals surface area contributed by atoms with E-state index in [1.807, 2.05) is 49.4 Å². The van der Waals surface area contributed by atoms with E-state index in [1.54, 1.807) is 12.3 Å². The van der Waals surface area contributed by atoms with Gasteiger partial charge in [-0.2, -0.15) is 0 Å². The molecule has 2 aliphatic rings. The van der Waals surface area contributed by atoms with Gasteiger partial charge in [0, 0.05) is 35.1 Å². The van der Waals surface area contributed by atoms with Crippen molar-refractivity contribution in [2.45, 2.75) is 50.7 Å². The molecule has 1 aliphatic carbocycles. The zero-order valence-electron chi connectivity index (χ0n) is 18.9. The molecular weight excluding hydrogens is 452 g/mol. The zero-order chi connectivity index (χ0) is 23.8. The second-order valence-electron chi connectivity index (χ2n) is 9.19. The number of urea groups is 1. The number of imide groups is 1. The SMILES string of the molecule is C[C@H](NC(=O)C(Cc1ccccc1)N1C(=O)NC(c2c[nH]c3cccc(Cl)c23)C1=O)C1CCC1. The molecule has 3 atom stereocenters. The van der Waals surface area contributed by atoms with Crippen molar-refractivity contribution < 1.29 is 14.4 Å². The summed E-state index contributed by atoms with van der Waals surface area (Å²) in [6.07, 6.45) is 5.26. The summed E-state index contributed by atoms with van der Waals surface area (Å²) in [6, 6.07) is 12.4. The summed E-state index contributed by atoms with van der Waals surface area (Å²) in [7, 11) is 0. The van der Waals surface area contributed by atoms with Gasteiger partial charge in [-0.3, -0.25) is 9.59 Å². The first-order chi connectivity index (χ1) is 16.4. The fourth-order valence-corrected chi connectivity index (χ4v) is 5.19. The van der Waals surface area contributed by atoms with Gasteiger partial charge in [0.25, 0.3) is 5.91 Å². The Morgan fingerprint density at radius 1 is 1.15 bits per heavy atom. The second kappa shape index (κ2) is 9.14. The predicted molar refractivity (Wildman–Crippen MR) is 130 cm³/mol. The number of H-pyrrole nitrogens is 1. The van der Waals surface area contributed by atoms with Crippen molar-refractivity contribution in [2.75, 3.05) is 0 Å². The van der Waals surface area contributed by atoms with Crippen LogP contribution in [0.15, 0.2) is 54.7 Å². The average Bonchev–Trinajstić information content (AvgIpc) is 3.33. The molecule has 0 bridgehead atoms. The highest BCUT2D eigenvalue weighted by atomic mass is 35.5. The van der Waals surface area contributed by atoms with Crippen LogP contribution in [0.1, 0.15) is 43.4 Å². The largest absolute Gasteiger partial charge is 0.361 e. The van der Waals surface area contributed by atoms with Crippen LogP contribution in [0.5, 0.6) is 0 Å². The zero-order valence-corrected chi connectivity index (χ0v) is 19.6. The first-order valence-electron chi connectivity index (χ1n) is 11.7. The topological polar surface area (TPSA) is 94.3 Å². The highest BCUT2D eigenvalue weighted by Crippen LogP contribution is 2.34. The number of aromatic nitrogens is 1. The van der Waals surface area contributed by atoms with Crippen LogP contribution in [0.3, 0.4) is 0 Å². The molecule has 2 unspecified atom stereocenters. The van der Waals surface area contributed by atoms with Crippen molar-refractivity contribution in [3.05, 3.63) is 70.9 Å². The Labute approximate surface area is 202 Å². The molecule has 34 heavy (non-hydrogen) atoms. The van der Waals surface area contributed by atoms with Crippen LogP contribution in [0.4, 0.5) is 4.79 Å². The molecule has 2 heterocycles. The minimum atomic E-state index is -0.955. The van der Waals surface area contributed by atoms with E-state index in [0.717, 1.165) is 28.8 Å². The number of rotatable bonds is 7. The van der Waals surface area contributed by atoms with Crippen molar-refractivity contribution in [3.8, 4) is 0 Å². The van der Waals surface area contributed by atoms with Crippen LogP contribution >= 0.6 is 11.6 Å². The van der Waals surface area contributed by atoms with Crippen LogP contribution in [0.2, 0.25) is 5.02 Å². The van der Waals surface area contributed by atoms with Gasteiger partial charge < -0.3 is 15.6 Å². The van der Waals surface area contributed by atoms with Gasteiger partial charge in [-0.1, -0.05) is 54.4 Å². The van der Waals surface area contributed by atoms with Crippen LogP contribution in [0, 0.1) is 5.92 Å². The lowest BCUT2D eigenvalue weighted by molar-refractivity contribution is -0.136. The number of carbonyl (C=O) groups excluding carboxylic acids is 3. The summed E-state index contributed by atoms with van der Waals surface area (Å²) < 4.78 is 0. The Kier molecular flexibility index (Phi) is 6.04. The molecule has 3 N–H and O–H groups in total. The number of aromatic amines is 1. The number of nitrogens with one attached hydrogen (secondary N) is 3. The molecule has 1 aromatic heterocycles. The van der Waals surface area contributed by atoms with E-state index in [4.69, 9.17) is 11.6 Å². The molecule has 3 aromatic rings. The Morgan fingerprint density at radius 2 is 1.91 bits per heavy atom. The second-order valence-corrected chi connectivity index (χ2v) is 9.60. The minimum Gasteiger partial charge on any atom is -0.361 e. The fourth-order valence-electron chi connectivity index (χ4n) is 4.91. The Balaban J connectivity index is 1.45. The van der Waals surface area contributed by atoms with E-state index in [2.05, 4.69) is 15.6 Å². The third kappa shape index (κ3) is 4.05. The molecule has 5 rings (SSSR count). The summed E-state index contributed by atoms with van der Waals surface area (Å²) in [4.78, 5) is 44.3. The number of nitrogens with zero attached hydrogens (tertiary/aromatic N) is 1. The van der Waals surface area contributed by atoms with E-state index in [-0.39, 0.29) is 18.4 Å². The van der Waals surface area contributed by atoms with Crippen LogP contribution < -0.4 is 10.6 Å². The molecule has 2 fully saturated rings. The molecular formula is C26H27ClN4O3. The Hall–Kier alpha value is -3.32. The summed E-state index contributed by atoms with van der Waals surface area (Å²) >= 11 is 6.41. The van der Waals surface area contributed by atoms with Gasteiger partial charge in [-0.25, -0.2) is 9.69 Å². The van der Waals surface area contributed by atoms with Crippen molar-refractivity contribution in [1.29, 1.82) is 0 Å². The third-order valence-corrected chi connectivity index (χ3v) is 7.40. The monoisotopic (exact) mass is 478 g/mol. The van der Waals surface area contributed by atoms with E-state index in [1.165, 1.54) is 6.42 Å². The molecule has 0 spiro atoms. The van der Waals surface area contributed by atoms with Gasteiger partial charge in [0.2, 0.25) is 5.91 Å². The smallest absolute Gasteiger partial charge is 0.325 e. The van der Waals surface area contributed by atoms with E-state index >= 15 is 0 Å². The molecule has 7 nitrogen and oxygen atoms in total. The standard InChI is InChI=1S/C26H27ClN4O3/c1-15(17-9-5-10-17)29-24(32)21(13-16-7-3-2-4-8-16)31-25(33)23(30-26(31)34)18-14-28-20-12-6-11-19(27)22(18)20/h2-4,6-8,11-12,14-15,17,21,23,28H,5,9-10,13H2,1H3,(H,29,32)(H,30,34)/t15-,21?,23?/m0/s1. The van der Waals surface area contributed by atoms with Gasteiger partial charge in [0.05, 0.1) is 5.02 Å². The normalized spacial score (nSPS) is 20.2. The summed E-state index contributed by atoms with van der Waals surface area (Å²) in [5, 5.41) is 7.02. The number of hydrogen-bond donors (Lipinski definition) is 3. The molecule has 1 aliphatic heterocycles. The van der Waals surface area contributed by atoms with Gasteiger partial charge in [-0.05, 0) is 43.4 Å². The summed E-state index contributed by atoms with van der Waals surface area (Å²) in [6.45, 7) is 1.99. The first-order valence-corrected chi connectivity index (χ1v) is 12.0. The lowest BCUT2D eigenvalue weighted by atomic mass is 9.80. The van der Waals surface area contributed by atoms with Crippen molar-refractivity contribution in [1.82, 2.24) is 20.5 Å². The van der Waals surface area contributed by atoms with Gasteiger partial charge in [0.15, 0.2) is 0 Å². The molecule has 1 saturated carbocycles. The number of benzene rings is 2. The number of amides is 4. The molecule has 0 radical (unpaired) electrons. The Morgan fingerprint density at radius 3 is 2.62 bits per heavy atom. The molecule has 2 aromatic carbocycles. The lowest BCUT2D eigenvalue weighted by Gasteiger charge is -2.34. The maximum atomic E-state index is 13.6. The van der Waals surface area contributed by atoms with Gasteiger partial charge in [-0.15, -0.1) is 0 Å². The van der Waals surface area contributed by atoms with Crippen LogP contribution in [-0.4, -0.2) is 39.8 Å². The van der Waals surface area contributed by atoms with Crippen LogP contribution in [0.25, 0.3) is 10.9 Å². The average molecular weight is 479 g/mol. The Bertz CT molecular complexity index is 1240. The van der Waals surface area contributed by atoms with Crippen molar-refractivity contribution in [3.63, 3.8) is 0 Å². The fraction of sp³-hybridized carbons (Fsp3) is 0.346. The summed E-state index contributed by atoms with van der Waals surface area (Å²) in [5.41, 5.74) is 2.23. The maximum Gasteiger partial charge on any atom is 0.325 e. The number of halogens is 1. The lowest BCUT2D eigenvalue weighted by Crippen LogP contribution is -2.54.